The van der Waals surface area contributed by atoms with Crippen LogP contribution in [0.5, 0.6) is 11.5 Å². The smallest absolute Gasteiger partial charge is 0.276 e. The molecule has 0 unspecified atom stereocenters. The third-order valence-electron chi connectivity index (χ3n) is 4.09. The highest BCUT2D eigenvalue weighted by Crippen LogP contribution is 2.35. The zero-order valence-electron chi connectivity index (χ0n) is 12.5. The molecular weight excluding hydrogens is 298 g/mol. The number of oxazole rings is 1. The molecule has 7 nitrogen and oxygen atoms in total. The van der Waals surface area contributed by atoms with Crippen molar-refractivity contribution >= 4 is 5.91 Å². The van der Waals surface area contributed by atoms with Crippen molar-refractivity contribution in [3.63, 3.8) is 0 Å². The van der Waals surface area contributed by atoms with Crippen LogP contribution in [0.25, 0.3) is 11.3 Å². The highest BCUT2D eigenvalue weighted by Gasteiger charge is 2.29. The number of fused-ring (bicyclic) bond motifs is 1. The highest BCUT2D eigenvalue weighted by molar-refractivity contribution is 5.98. The van der Waals surface area contributed by atoms with Gasteiger partial charge in [0.05, 0.1) is 0 Å². The van der Waals surface area contributed by atoms with Gasteiger partial charge in [0.15, 0.2) is 29.3 Å². The summed E-state index contributed by atoms with van der Waals surface area (Å²) in [5.41, 5.74) is 6.91. The molecule has 2 aliphatic heterocycles. The van der Waals surface area contributed by atoms with Crippen molar-refractivity contribution in [2.45, 2.75) is 12.5 Å². The Morgan fingerprint density at radius 2 is 2.09 bits per heavy atom. The topological polar surface area (TPSA) is 90.8 Å². The average Bonchev–Trinajstić information content (AvgIpc) is 3.23. The van der Waals surface area contributed by atoms with Gasteiger partial charge in [-0.1, -0.05) is 0 Å². The van der Waals surface area contributed by atoms with Crippen molar-refractivity contribution in [1.29, 1.82) is 0 Å². The molecule has 0 radical (unpaired) electrons. The monoisotopic (exact) mass is 315 g/mol. The fourth-order valence-electron chi connectivity index (χ4n) is 2.91. The third-order valence-corrected chi connectivity index (χ3v) is 4.09. The van der Waals surface area contributed by atoms with E-state index in [4.69, 9.17) is 19.6 Å². The number of likely N-dealkylation sites (tertiary alicyclic amines) is 1. The first-order valence-corrected chi connectivity index (χ1v) is 7.61. The van der Waals surface area contributed by atoms with E-state index < -0.39 is 0 Å². The van der Waals surface area contributed by atoms with Gasteiger partial charge in [0.2, 0.25) is 0 Å². The van der Waals surface area contributed by atoms with Crippen LogP contribution in [-0.2, 0) is 0 Å². The molecule has 0 saturated carbocycles. The molecule has 7 heteroatoms. The highest BCUT2D eigenvalue weighted by atomic mass is 16.6. The number of hydrogen-bond donors (Lipinski definition) is 1. The van der Waals surface area contributed by atoms with Gasteiger partial charge < -0.3 is 24.5 Å². The largest absolute Gasteiger partial charge is 0.486 e. The Morgan fingerprint density at radius 1 is 1.26 bits per heavy atom. The van der Waals surface area contributed by atoms with Crippen LogP contribution in [0.4, 0.5) is 0 Å². The first kappa shape index (κ1) is 14.1. The Kier molecular flexibility index (Phi) is 3.42. The summed E-state index contributed by atoms with van der Waals surface area (Å²) in [6, 6.07) is 5.48. The summed E-state index contributed by atoms with van der Waals surface area (Å²) in [7, 11) is 0. The van der Waals surface area contributed by atoms with E-state index in [-0.39, 0.29) is 11.9 Å². The molecule has 1 fully saturated rings. The minimum absolute atomic E-state index is 0.0311. The molecule has 2 N–H and O–H groups in total. The molecule has 0 bridgehead atoms. The quantitative estimate of drug-likeness (QED) is 0.898. The molecule has 23 heavy (non-hydrogen) atoms. The van der Waals surface area contributed by atoms with Gasteiger partial charge in [-0.15, -0.1) is 0 Å². The van der Waals surface area contributed by atoms with Crippen LogP contribution in [0.2, 0.25) is 0 Å². The first-order chi connectivity index (χ1) is 11.2. The molecule has 3 heterocycles. The van der Waals surface area contributed by atoms with Gasteiger partial charge in [-0.2, -0.15) is 0 Å². The van der Waals surface area contributed by atoms with Gasteiger partial charge in [-0.25, -0.2) is 4.98 Å². The average molecular weight is 315 g/mol. The van der Waals surface area contributed by atoms with Crippen LogP contribution in [0.15, 0.2) is 29.0 Å². The van der Waals surface area contributed by atoms with Gasteiger partial charge in [0.1, 0.15) is 13.2 Å². The van der Waals surface area contributed by atoms with Gasteiger partial charge >= 0.3 is 0 Å². The number of nitrogens with zero attached hydrogens (tertiary/aromatic N) is 2. The number of benzene rings is 1. The van der Waals surface area contributed by atoms with Crippen molar-refractivity contribution in [2.24, 2.45) is 5.73 Å². The summed E-state index contributed by atoms with van der Waals surface area (Å²) in [6.45, 7) is 2.23. The van der Waals surface area contributed by atoms with Crippen LogP contribution in [-0.4, -0.2) is 48.1 Å². The second-order valence-electron chi connectivity index (χ2n) is 5.69. The van der Waals surface area contributed by atoms with E-state index in [2.05, 4.69) is 4.98 Å². The zero-order chi connectivity index (χ0) is 15.8. The predicted molar refractivity (Wildman–Crippen MR) is 81.4 cm³/mol. The molecule has 2 aliphatic rings. The van der Waals surface area contributed by atoms with Crippen molar-refractivity contribution < 1.29 is 18.7 Å². The Hall–Kier alpha value is -2.54. The lowest BCUT2D eigenvalue weighted by Gasteiger charge is -2.19. The molecule has 0 spiro atoms. The summed E-state index contributed by atoms with van der Waals surface area (Å²) in [4.78, 5) is 18.4. The molecule has 1 aromatic carbocycles. The number of amides is 1. The molecule has 1 amide bonds. The summed E-state index contributed by atoms with van der Waals surface area (Å²) >= 11 is 0. The van der Waals surface area contributed by atoms with Crippen molar-refractivity contribution in [2.75, 3.05) is 26.3 Å². The Morgan fingerprint density at radius 3 is 2.87 bits per heavy atom. The summed E-state index contributed by atoms with van der Waals surface area (Å²) < 4.78 is 16.5. The normalized spacial score (nSPS) is 19.9. The number of aromatic nitrogens is 1. The lowest BCUT2D eigenvalue weighted by Crippen LogP contribution is -2.32. The number of carbonyl (C=O) groups is 1. The second-order valence-corrected chi connectivity index (χ2v) is 5.69. The molecule has 120 valence electrons. The first-order valence-electron chi connectivity index (χ1n) is 7.61. The van der Waals surface area contributed by atoms with Gasteiger partial charge in [0, 0.05) is 24.7 Å². The number of rotatable bonds is 2. The van der Waals surface area contributed by atoms with E-state index >= 15 is 0 Å². The molecular formula is C16H17N3O4. The van der Waals surface area contributed by atoms with Crippen LogP contribution >= 0.6 is 0 Å². The van der Waals surface area contributed by atoms with E-state index in [0.717, 1.165) is 12.0 Å². The van der Waals surface area contributed by atoms with Crippen LogP contribution in [0.3, 0.4) is 0 Å². The van der Waals surface area contributed by atoms with Crippen molar-refractivity contribution in [3.05, 3.63) is 30.3 Å². The number of hydrogen-bond acceptors (Lipinski definition) is 6. The van der Waals surface area contributed by atoms with E-state index in [1.165, 1.54) is 6.39 Å². The minimum Gasteiger partial charge on any atom is -0.486 e. The fourth-order valence-corrected chi connectivity index (χ4v) is 2.91. The maximum Gasteiger partial charge on any atom is 0.276 e. The standard InChI is InChI=1S/C16H17N3O4/c17-11-3-4-19(8-11)16(20)14-15(23-9-18-14)10-1-2-12-13(7-10)22-6-5-21-12/h1-2,7,9,11H,3-6,8,17H2/t11-/m0/s1. The molecule has 0 aliphatic carbocycles. The van der Waals surface area contributed by atoms with E-state index in [0.29, 0.717) is 49.3 Å². The summed E-state index contributed by atoms with van der Waals surface area (Å²) in [5.74, 6) is 1.62. The second kappa shape index (κ2) is 5.58. The zero-order valence-corrected chi connectivity index (χ0v) is 12.5. The van der Waals surface area contributed by atoms with Gasteiger partial charge in [-0.3, -0.25) is 4.79 Å². The van der Waals surface area contributed by atoms with E-state index in [1.54, 1.807) is 4.90 Å². The Balaban J connectivity index is 1.66. The number of carbonyl (C=O) groups excluding carboxylic acids is 1. The summed E-state index contributed by atoms with van der Waals surface area (Å²) in [5, 5.41) is 0. The fraction of sp³-hybridized carbons (Fsp3) is 0.375. The Labute approximate surface area is 133 Å². The predicted octanol–water partition coefficient (Wildman–Crippen LogP) is 1.29. The summed E-state index contributed by atoms with van der Waals surface area (Å²) in [6.07, 6.45) is 2.10. The molecule has 2 aromatic rings. The van der Waals surface area contributed by atoms with Gasteiger partial charge in [0.25, 0.3) is 5.91 Å². The van der Waals surface area contributed by atoms with E-state index in [9.17, 15) is 4.79 Å². The lowest BCUT2D eigenvalue weighted by atomic mass is 10.1. The van der Waals surface area contributed by atoms with Crippen molar-refractivity contribution in [1.82, 2.24) is 9.88 Å². The lowest BCUT2D eigenvalue weighted by molar-refractivity contribution is 0.0786. The minimum atomic E-state index is -0.156. The van der Waals surface area contributed by atoms with Crippen LogP contribution in [0.1, 0.15) is 16.9 Å². The Bertz CT molecular complexity index is 743. The SMILES string of the molecule is N[C@H]1CCN(C(=O)c2ncoc2-c2ccc3c(c2)OCCO3)C1. The van der Waals surface area contributed by atoms with Gasteiger partial charge in [-0.05, 0) is 24.6 Å². The number of ether oxygens (including phenoxy) is 2. The van der Waals surface area contributed by atoms with E-state index in [1.807, 2.05) is 18.2 Å². The third kappa shape index (κ3) is 2.53. The van der Waals surface area contributed by atoms with Crippen LogP contribution in [0, 0.1) is 0 Å². The maximum absolute atomic E-state index is 12.6. The van der Waals surface area contributed by atoms with Crippen molar-refractivity contribution in [3.8, 4) is 22.8 Å². The molecule has 4 rings (SSSR count). The number of nitrogens with two attached hydrogens (primary N) is 1. The molecule has 1 saturated heterocycles. The molecule has 1 aromatic heterocycles. The maximum atomic E-state index is 12.6. The molecule has 1 atom stereocenters. The van der Waals surface area contributed by atoms with Crippen LogP contribution < -0.4 is 15.2 Å².